The van der Waals surface area contributed by atoms with Crippen LogP contribution in [-0.2, 0) is 6.42 Å². The lowest BCUT2D eigenvalue weighted by atomic mass is 10.0. The van der Waals surface area contributed by atoms with Gasteiger partial charge in [-0.2, -0.15) is 5.06 Å². The second-order valence-corrected chi connectivity index (χ2v) is 4.41. The average molecular weight is 245 g/mol. The zero-order chi connectivity index (χ0) is 13.0. The molecule has 0 fully saturated rings. The largest absolute Gasteiger partial charge is 0.494 e. The summed E-state index contributed by atoms with van der Waals surface area (Å²) in [6, 6.07) is 12.5. The molecule has 18 heavy (non-hydrogen) atoms. The van der Waals surface area contributed by atoms with Gasteiger partial charge in [0, 0.05) is 13.6 Å². The number of benzene rings is 2. The molecule has 3 heteroatoms. The number of ether oxygens (including phenoxy) is 1. The fourth-order valence-electron chi connectivity index (χ4n) is 1.98. The highest BCUT2D eigenvalue weighted by Crippen LogP contribution is 2.22. The average Bonchev–Trinajstić information content (AvgIpc) is 2.36. The first kappa shape index (κ1) is 12.9. The van der Waals surface area contributed by atoms with Gasteiger partial charge in [0.2, 0.25) is 0 Å². The molecule has 3 nitrogen and oxygen atoms in total. The first-order valence-electron chi connectivity index (χ1n) is 6.24. The normalized spacial score (nSPS) is 11.1. The van der Waals surface area contributed by atoms with Gasteiger partial charge >= 0.3 is 0 Å². The van der Waals surface area contributed by atoms with Crippen molar-refractivity contribution in [3.63, 3.8) is 0 Å². The molecule has 2 aromatic carbocycles. The molecule has 0 radical (unpaired) electrons. The summed E-state index contributed by atoms with van der Waals surface area (Å²) >= 11 is 0. The van der Waals surface area contributed by atoms with E-state index in [2.05, 4.69) is 30.3 Å². The summed E-state index contributed by atoms with van der Waals surface area (Å²) < 4.78 is 5.50. The molecule has 1 N–H and O–H groups in total. The number of hydrogen-bond acceptors (Lipinski definition) is 3. The third kappa shape index (κ3) is 3.22. The van der Waals surface area contributed by atoms with Crippen molar-refractivity contribution in [2.75, 3.05) is 20.2 Å². The SMILES string of the molecule is CCOc1ccc2ccc(CCN(C)O)cc2c1. The summed E-state index contributed by atoms with van der Waals surface area (Å²) in [6.45, 7) is 3.30. The van der Waals surface area contributed by atoms with E-state index in [4.69, 9.17) is 9.94 Å². The standard InChI is InChI=1S/C15H19NO2/c1-3-18-15-7-6-13-5-4-12(8-9-16(2)17)10-14(13)11-15/h4-7,10-11,17H,3,8-9H2,1-2H3. The molecular formula is C15H19NO2. The highest BCUT2D eigenvalue weighted by atomic mass is 16.5. The quantitative estimate of drug-likeness (QED) is 0.822. The summed E-state index contributed by atoms with van der Waals surface area (Å²) in [4.78, 5) is 0. The molecule has 96 valence electrons. The molecule has 0 aromatic heterocycles. The Morgan fingerprint density at radius 3 is 2.61 bits per heavy atom. The van der Waals surface area contributed by atoms with Crippen LogP contribution in [0.1, 0.15) is 12.5 Å². The predicted octanol–water partition coefficient (Wildman–Crippen LogP) is 3.10. The number of fused-ring (bicyclic) bond motifs is 1. The number of hydrogen-bond donors (Lipinski definition) is 1. The van der Waals surface area contributed by atoms with E-state index < -0.39 is 0 Å². The van der Waals surface area contributed by atoms with E-state index in [0.29, 0.717) is 13.2 Å². The fourth-order valence-corrected chi connectivity index (χ4v) is 1.98. The Kier molecular flexibility index (Phi) is 4.18. The molecule has 0 saturated heterocycles. The Balaban J connectivity index is 2.24. The van der Waals surface area contributed by atoms with E-state index in [0.717, 1.165) is 12.2 Å². The van der Waals surface area contributed by atoms with Gasteiger partial charge in [-0.3, -0.25) is 0 Å². The highest BCUT2D eigenvalue weighted by molar-refractivity contribution is 5.84. The molecule has 0 aliphatic rings. The van der Waals surface area contributed by atoms with Gasteiger partial charge in [0.15, 0.2) is 0 Å². The van der Waals surface area contributed by atoms with Crippen LogP contribution in [0.4, 0.5) is 0 Å². The van der Waals surface area contributed by atoms with Crippen molar-refractivity contribution < 1.29 is 9.94 Å². The third-order valence-electron chi connectivity index (χ3n) is 2.91. The predicted molar refractivity (Wildman–Crippen MR) is 73.2 cm³/mol. The molecule has 0 saturated carbocycles. The Bertz CT molecular complexity index is 523. The van der Waals surface area contributed by atoms with Crippen molar-refractivity contribution >= 4 is 10.8 Å². The lowest BCUT2D eigenvalue weighted by molar-refractivity contribution is -0.0634. The molecular weight excluding hydrogens is 226 g/mol. The van der Waals surface area contributed by atoms with Gasteiger partial charge < -0.3 is 9.94 Å². The second kappa shape index (κ2) is 5.85. The molecule has 2 aromatic rings. The molecule has 2 rings (SSSR count). The molecule has 0 bridgehead atoms. The van der Waals surface area contributed by atoms with Crippen molar-refractivity contribution in [2.45, 2.75) is 13.3 Å². The first-order chi connectivity index (χ1) is 8.69. The third-order valence-corrected chi connectivity index (χ3v) is 2.91. The van der Waals surface area contributed by atoms with E-state index in [1.54, 1.807) is 7.05 Å². The number of rotatable bonds is 5. The van der Waals surface area contributed by atoms with Crippen molar-refractivity contribution in [3.8, 4) is 5.75 Å². The second-order valence-electron chi connectivity index (χ2n) is 4.41. The fraction of sp³-hybridized carbons (Fsp3) is 0.333. The molecule has 0 aliphatic carbocycles. The van der Waals surface area contributed by atoms with Crippen molar-refractivity contribution in [2.24, 2.45) is 0 Å². The smallest absolute Gasteiger partial charge is 0.119 e. The minimum absolute atomic E-state index is 0.636. The van der Waals surface area contributed by atoms with Crippen LogP contribution in [-0.4, -0.2) is 30.5 Å². The Morgan fingerprint density at radius 2 is 1.89 bits per heavy atom. The minimum atomic E-state index is 0.636. The number of likely N-dealkylation sites (N-methyl/N-ethyl adjacent to an activating group) is 1. The van der Waals surface area contributed by atoms with Crippen LogP contribution >= 0.6 is 0 Å². The molecule has 0 amide bonds. The van der Waals surface area contributed by atoms with Crippen LogP contribution in [0.5, 0.6) is 5.75 Å². The minimum Gasteiger partial charge on any atom is -0.494 e. The van der Waals surface area contributed by atoms with Gasteiger partial charge in [-0.15, -0.1) is 0 Å². The van der Waals surface area contributed by atoms with Gasteiger partial charge in [0.1, 0.15) is 5.75 Å². The molecule has 0 spiro atoms. The van der Waals surface area contributed by atoms with Crippen molar-refractivity contribution in [1.29, 1.82) is 0 Å². The van der Waals surface area contributed by atoms with Gasteiger partial charge in [-0.05, 0) is 41.8 Å². The van der Waals surface area contributed by atoms with E-state index in [1.165, 1.54) is 21.4 Å². The van der Waals surface area contributed by atoms with Crippen LogP contribution in [0.3, 0.4) is 0 Å². The van der Waals surface area contributed by atoms with Gasteiger partial charge in [0.05, 0.1) is 6.61 Å². The van der Waals surface area contributed by atoms with E-state index in [-0.39, 0.29) is 0 Å². The molecule has 0 aliphatic heterocycles. The Labute approximate surface area is 108 Å². The van der Waals surface area contributed by atoms with E-state index in [9.17, 15) is 0 Å². The summed E-state index contributed by atoms with van der Waals surface area (Å²) in [7, 11) is 1.66. The lowest BCUT2D eigenvalue weighted by Gasteiger charge is -2.09. The highest BCUT2D eigenvalue weighted by Gasteiger charge is 2.00. The summed E-state index contributed by atoms with van der Waals surface area (Å²) in [5.41, 5.74) is 1.22. The summed E-state index contributed by atoms with van der Waals surface area (Å²) in [5.74, 6) is 0.904. The van der Waals surface area contributed by atoms with E-state index in [1.807, 2.05) is 13.0 Å². The van der Waals surface area contributed by atoms with Gasteiger partial charge in [0.25, 0.3) is 0 Å². The molecule has 0 atom stereocenters. The van der Waals surface area contributed by atoms with Gasteiger partial charge in [-0.1, -0.05) is 24.3 Å². The summed E-state index contributed by atoms with van der Waals surface area (Å²) in [6.07, 6.45) is 0.835. The number of nitrogens with zero attached hydrogens (tertiary/aromatic N) is 1. The monoisotopic (exact) mass is 245 g/mol. The van der Waals surface area contributed by atoms with E-state index >= 15 is 0 Å². The summed E-state index contributed by atoms with van der Waals surface area (Å²) in [5, 5.41) is 12.8. The number of hydroxylamine groups is 2. The Morgan fingerprint density at radius 1 is 1.11 bits per heavy atom. The topological polar surface area (TPSA) is 32.7 Å². The lowest BCUT2D eigenvalue weighted by Crippen LogP contribution is -2.15. The zero-order valence-electron chi connectivity index (χ0n) is 10.9. The molecule has 0 heterocycles. The zero-order valence-corrected chi connectivity index (χ0v) is 10.9. The van der Waals surface area contributed by atoms with Gasteiger partial charge in [-0.25, -0.2) is 0 Å². The van der Waals surface area contributed by atoms with Crippen LogP contribution in [0, 0.1) is 0 Å². The maximum atomic E-state index is 9.15. The van der Waals surface area contributed by atoms with Crippen LogP contribution in [0.2, 0.25) is 0 Å². The van der Waals surface area contributed by atoms with Crippen molar-refractivity contribution in [1.82, 2.24) is 5.06 Å². The molecule has 0 unspecified atom stereocenters. The maximum absolute atomic E-state index is 9.15. The first-order valence-corrected chi connectivity index (χ1v) is 6.24. The van der Waals surface area contributed by atoms with Crippen LogP contribution < -0.4 is 4.74 Å². The van der Waals surface area contributed by atoms with Crippen LogP contribution in [0.15, 0.2) is 36.4 Å². The van der Waals surface area contributed by atoms with Crippen molar-refractivity contribution in [3.05, 3.63) is 42.0 Å². The van der Waals surface area contributed by atoms with Crippen LogP contribution in [0.25, 0.3) is 10.8 Å². The maximum Gasteiger partial charge on any atom is 0.119 e. The Hall–Kier alpha value is -1.58.